The molecule has 20 heavy (non-hydrogen) atoms. The zero-order valence-electron chi connectivity index (χ0n) is 12.4. The summed E-state index contributed by atoms with van der Waals surface area (Å²) in [6.07, 6.45) is 8.81. The lowest BCUT2D eigenvalue weighted by Crippen LogP contribution is -3.14. The minimum Gasteiger partial charge on any atom is -0.370 e. The second-order valence-corrected chi connectivity index (χ2v) is 6.06. The predicted molar refractivity (Wildman–Crippen MR) is 86.2 cm³/mol. The first kappa shape index (κ1) is 15.7. The normalized spacial score (nSPS) is 20.3. The maximum atomic E-state index is 5.35. The Kier molecular flexibility index (Phi) is 7.33. The van der Waals surface area contributed by atoms with E-state index in [2.05, 4.69) is 16.7 Å². The molecule has 2 rings (SSSR count). The lowest BCUT2D eigenvalue weighted by molar-refractivity contribution is -0.906. The van der Waals surface area contributed by atoms with Crippen LogP contribution in [0.1, 0.15) is 32.1 Å². The maximum Gasteiger partial charge on any atom is 0.166 e. The first-order valence-corrected chi connectivity index (χ1v) is 8.36. The molecule has 4 nitrogen and oxygen atoms in total. The van der Waals surface area contributed by atoms with Gasteiger partial charge in [0, 0.05) is 6.54 Å². The van der Waals surface area contributed by atoms with Gasteiger partial charge in [0.15, 0.2) is 5.11 Å². The molecule has 114 valence electrons. The second-order valence-electron chi connectivity index (χ2n) is 5.65. The van der Waals surface area contributed by atoms with E-state index in [9.17, 15) is 0 Å². The quantitative estimate of drug-likeness (QED) is 0.486. The zero-order chi connectivity index (χ0) is 14.0. The summed E-state index contributed by atoms with van der Waals surface area (Å²) < 4.78 is 5.35. The van der Waals surface area contributed by atoms with E-state index < -0.39 is 0 Å². The standard InChI is InChI=1S/C15H27N3OS/c20-15(16-7-6-14-4-2-1-3-5-14)17-8-9-18-10-12-19-13-11-18/h4H,1-3,5-13H2,(H2,16,17,20)/p+1. The molecule has 0 aromatic rings. The van der Waals surface area contributed by atoms with Crippen molar-refractivity contribution >= 4 is 17.3 Å². The van der Waals surface area contributed by atoms with Crippen LogP contribution in [0.3, 0.4) is 0 Å². The number of thiocarbonyl (C=S) groups is 1. The summed E-state index contributed by atoms with van der Waals surface area (Å²) in [6, 6.07) is 0. The Labute approximate surface area is 127 Å². The average molecular weight is 298 g/mol. The van der Waals surface area contributed by atoms with Crippen LogP contribution < -0.4 is 15.5 Å². The van der Waals surface area contributed by atoms with Gasteiger partial charge in [0.05, 0.1) is 26.3 Å². The van der Waals surface area contributed by atoms with Crippen LogP contribution in [0, 0.1) is 0 Å². The fraction of sp³-hybridized carbons (Fsp3) is 0.800. The molecule has 0 amide bonds. The van der Waals surface area contributed by atoms with E-state index in [1.54, 1.807) is 10.5 Å². The van der Waals surface area contributed by atoms with Crippen LogP contribution >= 0.6 is 12.2 Å². The number of allylic oxidation sites excluding steroid dienone is 1. The fourth-order valence-corrected chi connectivity index (χ4v) is 3.00. The monoisotopic (exact) mass is 298 g/mol. The molecule has 0 radical (unpaired) electrons. The van der Waals surface area contributed by atoms with Crippen LogP contribution in [-0.4, -0.2) is 51.0 Å². The summed E-state index contributed by atoms with van der Waals surface area (Å²) in [5, 5.41) is 7.42. The van der Waals surface area contributed by atoms with Crippen molar-refractivity contribution < 1.29 is 9.64 Å². The minimum absolute atomic E-state index is 0.800. The van der Waals surface area contributed by atoms with Gasteiger partial charge in [0.2, 0.25) is 0 Å². The summed E-state index contributed by atoms with van der Waals surface area (Å²) in [5.74, 6) is 0. The van der Waals surface area contributed by atoms with Gasteiger partial charge in [-0.05, 0) is 44.3 Å². The smallest absolute Gasteiger partial charge is 0.166 e. The number of hydrogen-bond acceptors (Lipinski definition) is 2. The zero-order valence-corrected chi connectivity index (χ0v) is 13.2. The molecule has 0 saturated carbocycles. The van der Waals surface area contributed by atoms with Crippen molar-refractivity contribution in [1.29, 1.82) is 0 Å². The molecule has 0 unspecified atom stereocenters. The molecular weight excluding hydrogens is 270 g/mol. The molecule has 0 atom stereocenters. The molecule has 0 spiro atoms. The SMILES string of the molecule is S=C(NCCC1=CCCCC1)NCC[NH+]1CCOCC1. The van der Waals surface area contributed by atoms with Crippen molar-refractivity contribution in [3.05, 3.63) is 11.6 Å². The van der Waals surface area contributed by atoms with E-state index in [1.807, 2.05) is 0 Å². The van der Waals surface area contributed by atoms with Gasteiger partial charge >= 0.3 is 0 Å². The largest absolute Gasteiger partial charge is 0.370 e. The van der Waals surface area contributed by atoms with E-state index in [-0.39, 0.29) is 0 Å². The first-order chi connectivity index (χ1) is 9.84. The molecule has 5 heteroatoms. The van der Waals surface area contributed by atoms with E-state index in [1.165, 1.54) is 25.7 Å². The van der Waals surface area contributed by atoms with Gasteiger partial charge in [0.1, 0.15) is 13.1 Å². The van der Waals surface area contributed by atoms with E-state index in [0.29, 0.717) is 0 Å². The second kappa shape index (κ2) is 9.32. The van der Waals surface area contributed by atoms with Gasteiger partial charge in [0.25, 0.3) is 0 Å². The van der Waals surface area contributed by atoms with E-state index in [0.717, 1.165) is 57.5 Å². The third-order valence-electron chi connectivity index (χ3n) is 4.08. The number of quaternary nitrogens is 1. The molecule has 1 heterocycles. The number of hydrogen-bond donors (Lipinski definition) is 3. The number of ether oxygens (including phenoxy) is 1. The third-order valence-corrected chi connectivity index (χ3v) is 4.37. The number of rotatable bonds is 6. The van der Waals surface area contributed by atoms with Crippen molar-refractivity contribution in [2.75, 3.05) is 45.9 Å². The molecule has 0 aromatic heterocycles. The van der Waals surface area contributed by atoms with Crippen LogP contribution in [-0.2, 0) is 4.74 Å². The van der Waals surface area contributed by atoms with Crippen LogP contribution in [0.25, 0.3) is 0 Å². The van der Waals surface area contributed by atoms with E-state index >= 15 is 0 Å². The topological polar surface area (TPSA) is 37.7 Å². The Morgan fingerprint density at radius 3 is 2.75 bits per heavy atom. The maximum absolute atomic E-state index is 5.35. The average Bonchev–Trinajstić information content (AvgIpc) is 2.49. The molecule has 1 aliphatic heterocycles. The lowest BCUT2D eigenvalue weighted by atomic mass is 9.97. The molecule has 3 N–H and O–H groups in total. The van der Waals surface area contributed by atoms with E-state index in [4.69, 9.17) is 17.0 Å². The van der Waals surface area contributed by atoms with Gasteiger partial charge in [-0.3, -0.25) is 0 Å². The fourth-order valence-electron chi connectivity index (χ4n) is 2.79. The summed E-state index contributed by atoms with van der Waals surface area (Å²) in [5.41, 5.74) is 1.60. The van der Waals surface area contributed by atoms with Crippen LogP contribution in [0.15, 0.2) is 11.6 Å². The van der Waals surface area contributed by atoms with Crippen molar-refractivity contribution in [1.82, 2.24) is 10.6 Å². The molecule has 2 aliphatic rings. The Hall–Kier alpha value is -0.650. The Balaban J connectivity index is 1.48. The minimum atomic E-state index is 0.800. The predicted octanol–water partition coefficient (Wildman–Crippen LogP) is 0.256. The highest BCUT2D eigenvalue weighted by molar-refractivity contribution is 7.80. The van der Waals surface area contributed by atoms with Crippen LogP contribution in [0.4, 0.5) is 0 Å². The molecule has 1 saturated heterocycles. The Bertz CT molecular complexity index is 327. The highest BCUT2D eigenvalue weighted by Crippen LogP contribution is 2.19. The van der Waals surface area contributed by atoms with Gasteiger partial charge in [-0.2, -0.15) is 0 Å². The summed E-state index contributed by atoms with van der Waals surface area (Å²) in [7, 11) is 0. The summed E-state index contributed by atoms with van der Waals surface area (Å²) in [4.78, 5) is 1.61. The van der Waals surface area contributed by atoms with Crippen LogP contribution in [0.2, 0.25) is 0 Å². The van der Waals surface area contributed by atoms with Crippen molar-refractivity contribution in [3.63, 3.8) is 0 Å². The molecule has 1 fully saturated rings. The van der Waals surface area contributed by atoms with Crippen molar-refractivity contribution in [3.8, 4) is 0 Å². The summed E-state index contributed by atoms with van der Waals surface area (Å²) >= 11 is 5.31. The summed E-state index contributed by atoms with van der Waals surface area (Å²) in [6.45, 7) is 7.06. The Morgan fingerprint density at radius 2 is 2.00 bits per heavy atom. The van der Waals surface area contributed by atoms with Gasteiger partial charge in [-0.1, -0.05) is 11.6 Å². The van der Waals surface area contributed by atoms with Gasteiger partial charge in [-0.15, -0.1) is 0 Å². The molecule has 1 aliphatic carbocycles. The van der Waals surface area contributed by atoms with Crippen molar-refractivity contribution in [2.45, 2.75) is 32.1 Å². The number of nitrogens with one attached hydrogen (secondary N) is 3. The van der Waals surface area contributed by atoms with Crippen molar-refractivity contribution in [2.24, 2.45) is 0 Å². The highest BCUT2D eigenvalue weighted by Gasteiger charge is 2.12. The van der Waals surface area contributed by atoms with Crippen LogP contribution in [0.5, 0.6) is 0 Å². The van der Waals surface area contributed by atoms with Gasteiger partial charge < -0.3 is 20.3 Å². The number of morpholine rings is 1. The van der Waals surface area contributed by atoms with Gasteiger partial charge in [-0.25, -0.2) is 0 Å². The Morgan fingerprint density at radius 1 is 1.20 bits per heavy atom. The highest BCUT2D eigenvalue weighted by atomic mass is 32.1. The lowest BCUT2D eigenvalue weighted by Gasteiger charge is -2.24. The third kappa shape index (κ3) is 6.20. The molecular formula is C15H28N3OS+. The first-order valence-electron chi connectivity index (χ1n) is 7.95. The molecule has 0 aromatic carbocycles. The molecule has 0 bridgehead atoms.